The van der Waals surface area contributed by atoms with Crippen LogP contribution in [0.1, 0.15) is 58.3 Å². The number of rotatable bonds is 9. The normalized spacial score (nSPS) is 18.3. The van der Waals surface area contributed by atoms with Crippen molar-refractivity contribution in [1.29, 1.82) is 0 Å². The number of carbonyl (C=O) groups is 4. The molecule has 2 saturated heterocycles. The van der Waals surface area contributed by atoms with Crippen LogP contribution >= 0.6 is 0 Å². The SMILES string of the molecule is Cc1cc(C(=O)N2CCN(C(=O)CCC(=O)O)CC2)cc(C)c1/C=C/S(=O)(=O)N1CCC2(CC1)N=C(c1cccc(OC(F)(F)F)c1)NC2=O. The van der Waals surface area contributed by atoms with Gasteiger partial charge in [-0.2, -0.15) is 4.31 Å². The number of piperidine rings is 1. The molecule has 0 unspecified atom stereocenters. The van der Waals surface area contributed by atoms with Crippen LogP contribution in [0, 0.1) is 13.8 Å². The summed E-state index contributed by atoms with van der Waals surface area (Å²) in [6, 6.07) is 8.42. The average Bonchev–Trinajstić information content (AvgIpc) is 3.37. The number of benzene rings is 2. The van der Waals surface area contributed by atoms with E-state index in [0.717, 1.165) is 17.5 Å². The second-order valence-corrected chi connectivity index (χ2v) is 14.2. The van der Waals surface area contributed by atoms with Crippen LogP contribution in [-0.2, 0) is 24.4 Å². The number of nitrogens with zero attached hydrogens (tertiary/aromatic N) is 4. The van der Waals surface area contributed by atoms with E-state index < -0.39 is 39.6 Å². The Morgan fingerprint density at radius 1 is 0.980 bits per heavy atom. The van der Waals surface area contributed by atoms with Crippen molar-refractivity contribution in [2.24, 2.45) is 4.99 Å². The van der Waals surface area contributed by atoms with Crippen molar-refractivity contribution in [2.45, 2.75) is 51.4 Å². The summed E-state index contributed by atoms with van der Waals surface area (Å²) in [5.74, 6) is -2.40. The fraction of sp³-hybridized carbons (Fsp3) is 0.424. The third kappa shape index (κ3) is 8.33. The molecule has 3 aliphatic heterocycles. The molecular weight excluding hydrogens is 683 g/mol. The van der Waals surface area contributed by atoms with Gasteiger partial charge in [-0.05, 0) is 73.7 Å². The Kier molecular flexibility index (Phi) is 10.4. The monoisotopic (exact) mass is 719 g/mol. The zero-order valence-corrected chi connectivity index (χ0v) is 28.1. The number of hydrogen-bond acceptors (Lipinski definition) is 8. The van der Waals surface area contributed by atoms with Crippen molar-refractivity contribution < 1.29 is 50.6 Å². The van der Waals surface area contributed by atoms with Crippen LogP contribution in [0.25, 0.3) is 6.08 Å². The first-order valence-electron chi connectivity index (χ1n) is 15.8. The number of carboxylic acids is 1. The molecule has 2 fully saturated rings. The van der Waals surface area contributed by atoms with Gasteiger partial charge in [0.25, 0.3) is 11.8 Å². The van der Waals surface area contributed by atoms with Gasteiger partial charge in [0.15, 0.2) is 0 Å². The quantitative estimate of drug-likeness (QED) is 0.399. The number of carboxylic acid groups (broad SMARTS) is 1. The maximum Gasteiger partial charge on any atom is 0.573 e. The van der Waals surface area contributed by atoms with E-state index >= 15 is 0 Å². The highest BCUT2D eigenvalue weighted by Crippen LogP contribution is 2.33. The highest BCUT2D eigenvalue weighted by atomic mass is 32.2. The molecule has 3 amide bonds. The number of amidine groups is 1. The van der Waals surface area contributed by atoms with E-state index in [2.05, 4.69) is 15.0 Å². The molecule has 50 heavy (non-hydrogen) atoms. The van der Waals surface area contributed by atoms with E-state index in [4.69, 9.17) is 5.11 Å². The molecule has 0 saturated carbocycles. The molecule has 0 radical (unpaired) electrons. The number of carbonyl (C=O) groups excluding carboxylic acids is 3. The summed E-state index contributed by atoms with van der Waals surface area (Å²) in [4.78, 5) is 56.9. The number of ether oxygens (including phenoxy) is 1. The summed E-state index contributed by atoms with van der Waals surface area (Å²) in [5, 5.41) is 12.5. The molecule has 0 aliphatic carbocycles. The molecule has 0 bridgehead atoms. The van der Waals surface area contributed by atoms with Gasteiger partial charge in [-0.25, -0.2) is 8.42 Å². The van der Waals surface area contributed by atoms with Crippen LogP contribution < -0.4 is 10.1 Å². The maximum atomic E-state index is 13.3. The minimum Gasteiger partial charge on any atom is -0.481 e. The molecule has 2 N–H and O–H groups in total. The summed E-state index contributed by atoms with van der Waals surface area (Å²) < 4.78 is 69.9. The van der Waals surface area contributed by atoms with E-state index in [1.54, 1.807) is 35.8 Å². The van der Waals surface area contributed by atoms with Crippen LogP contribution in [0.3, 0.4) is 0 Å². The van der Waals surface area contributed by atoms with Crippen molar-refractivity contribution in [3.8, 4) is 5.75 Å². The first-order valence-corrected chi connectivity index (χ1v) is 17.3. The largest absolute Gasteiger partial charge is 0.573 e. The van der Waals surface area contributed by atoms with E-state index in [1.165, 1.54) is 22.5 Å². The zero-order valence-electron chi connectivity index (χ0n) is 27.3. The van der Waals surface area contributed by atoms with Crippen LogP contribution in [0.5, 0.6) is 5.75 Å². The smallest absolute Gasteiger partial charge is 0.481 e. The van der Waals surface area contributed by atoms with Crippen molar-refractivity contribution in [3.63, 3.8) is 0 Å². The van der Waals surface area contributed by atoms with E-state index in [1.807, 2.05) is 0 Å². The van der Waals surface area contributed by atoms with E-state index in [9.17, 15) is 40.8 Å². The Bertz CT molecular complexity index is 1840. The number of piperazine rings is 1. The summed E-state index contributed by atoms with van der Waals surface area (Å²) in [7, 11) is -3.92. The maximum absolute atomic E-state index is 13.3. The lowest BCUT2D eigenvalue weighted by molar-refractivity contribution is -0.274. The summed E-state index contributed by atoms with van der Waals surface area (Å²) >= 11 is 0. The number of aliphatic carboxylic acids is 1. The number of aliphatic imine (C=N–C) groups is 1. The molecule has 268 valence electrons. The van der Waals surface area contributed by atoms with Gasteiger partial charge in [-0.3, -0.25) is 24.2 Å². The van der Waals surface area contributed by atoms with Gasteiger partial charge < -0.3 is 25.0 Å². The third-order valence-electron chi connectivity index (χ3n) is 8.95. The Balaban J connectivity index is 1.20. The van der Waals surface area contributed by atoms with Gasteiger partial charge in [-0.1, -0.05) is 12.1 Å². The fourth-order valence-electron chi connectivity index (χ4n) is 6.26. The molecule has 2 aromatic rings. The predicted octanol–water partition coefficient (Wildman–Crippen LogP) is 3.06. The molecule has 3 heterocycles. The lowest BCUT2D eigenvalue weighted by atomic mass is 9.89. The highest BCUT2D eigenvalue weighted by molar-refractivity contribution is 7.92. The van der Waals surface area contributed by atoms with Crippen LogP contribution in [0.4, 0.5) is 13.2 Å². The van der Waals surface area contributed by atoms with Crippen molar-refractivity contribution >= 4 is 45.6 Å². The minimum atomic E-state index is -4.89. The minimum absolute atomic E-state index is 0.0160. The second-order valence-electron chi connectivity index (χ2n) is 12.4. The zero-order chi connectivity index (χ0) is 36.4. The first-order chi connectivity index (χ1) is 23.5. The van der Waals surface area contributed by atoms with Gasteiger partial charge in [0.1, 0.15) is 17.1 Å². The standard InChI is InChI=1S/C33H36F3N5O8S/c1-21-18-24(30(45)40-15-13-39(14-16-40)27(42)6-7-28(43)44)19-22(2)26(21)8-17-50(47,48)41-11-9-32(10-12-41)31(46)37-29(38-32)23-4-3-5-25(20-23)49-33(34,35)36/h3-5,8,17-20H,6-7,9-16H2,1-2H3,(H,43,44)(H,37,38,46)/b17-8+. The molecular formula is C33H36F3N5O8S. The Hall–Kier alpha value is -4.77. The van der Waals surface area contributed by atoms with Crippen LogP contribution in [-0.4, -0.2) is 108 Å². The summed E-state index contributed by atoms with van der Waals surface area (Å²) in [5.41, 5.74) is 1.35. The Labute approximate surface area is 286 Å². The number of hydrogen-bond donors (Lipinski definition) is 2. The number of amides is 3. The number of halogens is 3. The molecule has 3 aliphatic rings. The number of nitrogens with one attached hydrogen (secondary N) is 1. The lowest BCUT2D eigenvalue weighted by Crippen LogP contribution is -2.50. The van der Waals surface area contributed by atoms with Crippen LogP contribution in [0.2, 0.25) is 0 Å². The second kappa shape index (κ2) is 14.2. The third-order valence-corrected chi connectivity index (χ3v) is 10.5. The van der Waals surface area contributed by atoms with Crippen molar-refractivity contribution in [3.05, 3.63) is 69.6 Å². The molecule has 2 aromatic carbocycles. The first kappa shape index (κ1) is 36.5. The summed E-state index contributed by atoms with van der Waals surface area (Å²) in [6.45, 7) is 4.68. The molecule has 0 aromatic heterocycles. The number of sulfonamides is 1. The highest BCUT2D eigenvalue weighted by Gasteiger charge is 2.47. The van der Waals surface area contributed by atoms with E-state index in [-0.39, 0.29) is 62.0 Å². The molecule has 1 spiro atoms. The fourth-order valence-corrected chi connectivity index (χ4v) is 7.43. The molecule has 13 nitrogen and oxygen atoms in total. The van der Waals surface area contributed by atoms with Gasteiger partial charge in [0.2, 0.25) is 15.9 Å². The van der Waals surface area contributed by atoms with Crippen molar-refractivity contribution in [1.82, 2.24) is 19.4 Å². The molecule has 5 rings (SSSR count). The average molecular weight is 720 g/mol. The van der Waals surface area contributed by atoms with Gasteiger partial charge >= 0.3 is 12.3 Å². The van der Waals surface area contributed by atoms with Gasteiger partial charge in [0, 0.05) is 62.2 Å². The van der Waals surface area contributed by atoms with Crippen molar-refractivity contribution in [2.75, 3.05) is 39.3 Å². The molecule has 17 heteroatoms. The Morgan fingerprint density at radius 2 is 1.60 bits per heavy atom. The van der Waals surface area contributed by atoms with Gasteiger partial charge in [0.05, 0.1) is 6.42 Å². The summed E-state index contributed by atoms with van der Waals surface area (Å²) in [6.07, 6.45) is -3.64. The van der Waals surface area contributed by atoms with E-state index in [0.29, 0.717) is 48.4 Å². The Morgan fingerprint density at radius 3 is 2.20 bits per heavy atom. The number of alkyl halides is 3. The topological polar surface area (TPSA) is 166 Å². The number of aryl methyl sites for hydroxylation is 2. The lowest BCUT2D eigenvalue weighted by Gasteiger charge is -2.35. The molecule has 0 atom stereocenters. The van der Waals surface area contributed by atoms with Crippen LogP contribution in [0.15, 0.2) is 46.8 Å². The predicted molar refractivity (Wildman–Crippen MR) is 175 cm³/mol. The van der Waals surface area contributed by atoms with Gasteiger partial charge in [-0.15, -0.1) is 13.2 Å².